The summed E-state index contributed by atoms with van der Waals surface area (Å²) in [5.74, 6) is 1.29. The largest absolute Gasteiger partial charge is 0.491 e. The summed E-state index contributed by atoms with van der Waals surface area (Å²) in [5, 5.41) is 10.3. The number of ether oxygens (including phenoxy) is 1. The SMILES string of the molecule is Cc1ccc(C(C)C)c(OCC(O)CN(C)Cc2ccccc2)c1. The molecule has 0 aliphatic carbocycles. The zero-order valence-corrected chi connectivity index (χ0v) is 15.2. The lowest BCUT2D eigenvalue weighted by atomic mass is 10.0. The van der Waals surface area contributed by atoms with Crippen molar-refractivity contribution in [2.75, 3.05) is 20.2 Å². The standard InChI is InChI=1S/C21H29NO2/c1-16(2)20-11-10-17(3)12-21(20)24-15-19(23)14-22(4)13-18-8-6-5-7-9-18/h5-12,16,19,23H,13-15H2,1-4H3. The molecule has 0 fully saturated rings. The highest BCUT2D eigenvalue weighted by Crippen LogP contribution is 2.27. The molecule has 2 rings (SSSR count). The topological polar surface area (TPSA) is 32.7 Å². The third-order valence-corrected chi connectivity index (χ3v) is 4.04. The second kappa shape index (κ2) is 8.86. The Morgan fingerprint density at radius 2 is 1.79 bits per heavy atom. The van der Waals surface area contributed by atoms with Gasteiger partial charge < -0.3 is 9.84 Å². The highest BCUT2D eigenvalue weighted by atomic mass is 16.5. The van der Waals surface area contributed by atoms with Crippen LogP contribution >= 0.6 is 0 Å². The predicted octanol–water partition coefficient (Wildman–Crippen LogP) is 3.99. The molecule has 0 amide bonds. The van der Waals surface area contributed by atoms with E-state index in [1.807, 2.05) is 25.2 Å². The Morgan fingerprint density at radius 3 is 2.46 bits per heavy atom. The third-order valence-electron chi connectivity index (χ3n) is 4.04. The van der Waals surface area contributed by atoms with Gasteiger partial charge in [-0.3, -0.25) is 4.90 Å². The summed E-state index contributed by atoms with van der Waals surface area (Å²) in [6, 6.07) is 16.6. The Labute approximate surface area is 145 Å². The van der Waals surface area contributed by atoms with Crippen molar-refractivity contribution >= 4 is 0 Å². The third kappa shape index (κ3) is 5.66. The number of hydrogen-bond acceptors (Lipinski definition) is 3. The van der Waals surface area contributed by atoms with Crippen molar-refractivity contribution < 1.29 is 9.84 Å². The Balaban J connectivity index is 1.87. The molecule has 0 bridgehead atoms. The Morgan fingerprint density at radius 1 is 1.08 bits per heavy atom. The van der Waals surface area contributed by atoms with E-state index in [0.717, 1.165) is 12.3 Å². The number of hydrogen-bond donors (Lipinski definition) is 1. The number of aryl methyl sites for hydroxylation is 1. The number of benzene rings is 2. The van der Waals surface area contributed by atoms with Gasteiger partial charge in [-0.2, -0.15) is 0 Å². The molecule has 2 aromatic rings. The summed E-state index contributed by atoms with van der Waals surface area (Å²) >= 11 is 0. The van der Waals surface area contributed by atoms with E-state index in [0.29, 0.717) is 19.1 Å². The summed E-state index contributed by atoms with van der Waals surface area (Å²) in [6.07, 6.45) is -0.515. The highest BCUT2D eigenvalue weighted by Gasteiger charge is 2.13. The van der Waals surface area contributed by atoms with Crippen LogP contribution in [-0.4, -0.2) is 36.3 Å². The molecule has 24 heavy (non-hydrogen) atoms. The molecule has 0 saturated carbocycles. The monoisotopic (exact) mass is 327 g/mol. The molecular weight excluding hydrogens is 298 g/mol. The lowest BCUT2D eigenvalue weighted by molar-refractivity contribution is 0.0739. The van der Waals surface area contributed by atoms with E-state index in [2.05, 4.69) is 56.0 Å². The molecule has 1 N–H and O–H groups in total. The van der Waals surface area contributed by atoms with Crippen LogP contribution in [0.25, 0.3) is 0 Å². The minimum Gasteiger partial charge on any atom is -0.491 e. The number of aliphatic hydroxyl groups excluding tert-OH is 1. The van der Waals surface area contributed by atoms with E-state index in [4.69, 9.17) is 4.74 Å². The van der Waals surface area contributed by atoms with E-state index in [-0.39, 0.29) is 0 Å². The van der Waals surface area contributed by atoms with E-state index in [1.54, 1.807) is 0 Å². The number of aliphatic hydroxyl groups is 1. The van der Waals surface area contributed by atoms with Gasteiger partial charge in [0.05, 0.1) is 0 Å². The molecule has 0 aliphatic rings. The molecule has 0 spiro atoms. The van der Waals surface area contributed by atoms with Crippen molar-refractivity contribution in [1.29, 1.82) is 0 Å². The fourth-order valence-corrected chi connectivity index (χ4v) is 2.80. The maximum Gasteiger partial charge on any atom is 0.123 e. The first kappa shape index (κ1) is 18.5. The lowest BCUT2D eigenvalue weighted by Crippen LogP contribution is -2.32. The van der Waals surface area contributed by atoms with E-state index in [1.165, 1.54) is 16.7 Å². The molecule has 0 heterocycles. The summed E-state index contributed by atoms with van der Waals surface area (Å²) in [4.78, 5) is 2.11. The highest BCUT2D eigenvalue weighted by molar-refractivity contribution is 5.39. The van der Waals surface area contributed by atoms with Gasteiger partial charge in [0, 0.05) is 13.1 Å². The van der Waals surface area contributed by atoms with Crippen LogP contribution in [0, 0.1) is 6.92 Å². The Bertz CT molecular complexity index is 625. The van der Waals surface area contributed by atoms with Crippen LogP contribution in [0.3, 0.4) is 0 Å². The predicted molar refractivity (Wildman–Crippen MR) is 99.5 cm³/mol. The minimum atomic E-state index is -0.515. The molecule has 0 radical (unpaired) electrons. The summed E-state index contributed by atoms with van der Waals surface area (Å²) in [6.45, 7) is 8.07. The zero-order valence-electron chi connectivity index (χ0n) is 15.2. The molecule has 3 nitrogen and oxygen atoms in total. The van der Waals surface area contributed by atoms with E-state index in [9.17, 15) is 5.11 Å². The van der Waals surface area contributed by atoms with Crippen molar-refractivity contribution in [1.82, 2.24) is 4.90 Å². The van der Waals surface area contributed by atoms with Crippen LogP contribution in [0.1, 0.15) is 36.5 Å². The first-order valence-corrected chi connectivity index (χ1v) is 8.59. The quantitative estimate of drug-likeness (QED) is 0.796. The molecule has 1 unspecified atom stereocenters. The van der Waals surface area contributed by atoms with Crippen LogP contribution in [0.5, 0.6) is 5.75 Å². The van der Waals surface area contributed by atoms with Crippen molar-refractivity contribution in [3.63, 3.8) is 0 Å². The number of likely N-dealkylation sites (N-methyl/N-ethyl adjacent to an activating group) is 1. The maximum atomic E-state index is 10.3. The first-order valence-electron chi connectivity index (χ1n) is 8.59. The lowest BCUT2D eigenvalue weighted by Gasteiger charge is -2.22. The Kier molecular flexibility index (Phi) is 6.83. The van der Waals surface area contributed by atoms with Crippen LogP contribution in [0.15, 0.2) is 48.5 Å². The van der Waals surface area contributed by atoms with Gasteiger partial charge in [-0.25, -0.2) is 0 Å². The summed E-state index contributed by atoms with van der Waals surface area (Å²) in [5.41, 5.74) is 3.60. The van der Waals surface area contributed by atoms with Gasteiger partial charge in [0.25, 0.3) is 0 Å². The van der Waals surface area contributed by atoms with Crippen LogP contribution in [0.4, 0.5) is 0 Å². The zero-order chi connectivity index (χ0) is 17.5. The van der Waals surface area contributed by atoms with Gasteiger partial charge in [-0.1, -0.05) is 56.3 Å². The molecular formula is C21H29NO2. The van der Waals surface area contributed by atoms with Gasteiger partial charge in [-0.15, -0.1) is 0 Å². The molecule has 0 aliphatic heterocycles. The van der Waals surface area contributed by atoms with Crippen LogP contribution < -0.4 is 4.74 Å². The minimum absolute atomic E-state index is 0.308. The number of rotatable bonds is 8. The normalized spacial score (nSPS) is 12.6. The van der Waals surface area contributed by atoms with Crippen molar-refractivity contribution in [2.45, 2.75) is 39.3 Å². The van der Waals surface area contributed by atoms with Gasteiger partial charge >= 0.3 is 0 Å². The molecule has 0 saturated heterocycles. The van der Waals surface area contributed by atoms with Gasteiger partial charge in [0.1, 0.15) is 18.5 Å². The molecule has 0 aromatic heterocycles. The molecule has 2 aromatic carbocycles. The fraction of sp³-hybridized carbons (Fsp3) is 0.429. The van der Waals surface area contributed by atoms with Crippen LogP contribution in [-0.2, 0) is 6.54 Å². The smallest absolute Gasteiger partial charge is 0.123 e. The number of nitrogens with zero attached hydrogens (tertiary/aromatic N) is 1. The summed E-state index contributed by atoms with van der Waals surface area (Å²) < 4.78 is 5.92. The maximum absolute atomic E-state index is 10.3. The average Bonchev–Trinajstić information content (AvgIpc) is 2.53. The molecule has 3 heteroatoms. The van der Waals surface area contributed by atoms with Gasteiger partial charge in [0.2, 0.25) is 0 Å². The average molecular weight is 327 g/mol. The molecule has 1 atom stereocenters. The second-order valence-electron chi connectivity index (χ2n) is 6.84. The van der Waals surface area contributed by atoms with E-state index >= 15 is 0 Å². The van der Waals surface area contributed by atoms with Crippen molar-refractivity contribution in [2.24, 2.45) is 0 Å². The van der Waals surface area contributed by atoms with Gasteiger partial charge in [-0.05, 0) is 42.6 Å². The Hall–Kier alpha value is -1.84. The van der Waals surface area contributed by atoms with Crippen molar-refractivity contribution in [3.8, 4) is 5.75 Å². The van der Waals surface area contributed by atoms with E-state index < -0.39 is 6.10 Å². The first-order chi connectivity index (χ1) is 11.5. The summed E-state index contributed by atoms with van der Waals surface area (Å²) in [7, 11) is 2.02. The van der Waals surface area contributed by atoms with Crippen LogP contribution in [0.2, 0.25) is 0 Å². The molecule has 130 valence electrons. The fourth-order valence-electron chi connectivity index (χ4n) is 2.80. The second-order valence-corrected chi connectivity index (χ2v) is 6.84. The van der Waals surface area contributed by atoms with Gasteiger partial charge in [0.15, 0.2) is 0 Å². The van der Waals surface area contributed by atoms with Crippen molar-refractivity contribution in [3.05, 3.63) is 65.2 Å².